The quantitative estimate of drug-likeness (QED) is 0.524. The van der Waals surface area contributed by atoms with Gasteiger partial charge in [0.2, 0.25) is 5.91 Å². The smallest absolute Gasteiger partial charge is 0.235 e. The predicted molar refractivity (Wildman–Crippen MR) is 115 cm³/mol. The van der Waals surface area contributed by atoms with Gasteiger partial charge >= 0.3 is 0 Å². The van der Waals surface area contributed by atoms with Gasteiger partial charge in [-0.05, 0) is 38.0 Å². The Hall–Kier alpha value is -4.01. The number of nitrogens with one attached hydrogen (secondary N) is 1. The number of carbonyl (C=O) groups excluding carboxylic acids is 1. The standard InChI is InChI=1S/C22H21N7O2/c1-12-6-4-5-7-13(12)11-29-16(14-8-9-31-28-14)10-15(27-29)19-24-18(23)17-20(25-19)26-21(30)22(17,2)3/h4-10H,11H2,1-3H3,(H3,23,24,25,26,30). The summed E-state index contributed by atoms with van der Waals surface area (Å²) >= 11 is 0. The molecule has 1 aliphatic rings. The van der Waals surface area contributed by atoms with E-state index in [9.17, 15) is 4.79 Å². The minimum absolute atomic E-state index is 0.158. The molecular formula is C22H21N7O2. The van der Waals surface area contributed by atoms with E-state index in [1.54, 1.807) is 19.9 Å². The Labute approximate surface area is 178 Å². The third kappa shape index (κ3) is 3.05. The summed E-state index contributed by atoms with van der Waals surface area (Å²) < 4.78 is 6.88. The summed E-state index contributed by atoms with van der Waals surface area (Å²) in [5, 5.41) is 11.6. The van der Waals surface area contributed by atoms with Crippen molar-refractivity contribution in [3.8, 4) is 22.9 Å². The van der Waals surface area contributed by atoms with E-state index >= 15 is 0 Å². The number of nitrogen functional groups attached to an aromatic ring is 1. The minimum Gasteiger partial charge on any atom is -0.383 e. The predicted octanol–water partition coefficient (Wildman–Crippen LogP) is 3.16. The molecule has 4 aromatic rings. The highest BCUT2D eigenvalue weighted by Gasteiger charge is 2.42. The Bertz CT molecular complexity index is 1310. The molecule has 3 N–H and O–H groups in total. The largest absolute Gasteiger partial charge is 0.383 e. The number of nitrogens with two attached hydrogens (primary N) is 1. The van der Waals surface area contributed by atoms with Crippen molar-refractivity contribution < 1.29 is 9.32 Å². The van der Waals surface area contributed by atoms with Crippen LogP contribution >= 0.6 is 0 Å². The van der Waals surface area contributed by atoms with Crippen molar-refractivity contribution in [2.24, 2.45) is 0 Å². The highest BCUT2D eigenvalue weighted by atomic mass is 16.5. The summed E-state index contributed by atoms with van der Waals surface area (Å²) in [6.45, 7) is 6.20. The van der Waals surface area contributed by atoms with Crippen molar-refractivity contribution in [2.45, 2.75) is 32.7 Å². The van der Waals surface area contributed by atoms with E-state index in [2.05, 4.69) is 39.5 Å². The number of nitrogens with zero attached hydrogens (tertiary/aromatic N) is 5. The molecule has 156 valence electrons. The number of rotatable bonds is 4. The van der Waals surface area contributed by atoms with E-state index < -0.39 is 5.41 Å². The van der Waals surface area contributed by atoms with Crippen molar-refractivity contribution in [1.82, 2.24) is 24.9 Å². The van der Waals surface area contributed by atoms with Gasteiger partial charge in [0.05, 0.1) is 23.2 Å². The van der Waals surface area contributed by atoms with Crippen LogP contribution in [0.3, 0.4) is 0 Å². The normalized spacial score (nSPS) is 14.5. The molecule has 9 nitrogen and oxygen atoms in total. The monoisotopic (exact) mass is 415 g/mol. The van der Waals surface area contributed by atoms with E-state index in [1.807, 2.05) is 22.9 Å². The molecule has 1 aliphatic heterocycles. The first-order chi connectivity index (χ1) is 14.8. The summed E-state index contributed by atoms with van der Waals surface area (Å²) in [5.41, 5.74) is 10.3. The summed E-state index contributed by atoms with van der Waals surface area (Å²) in [7, 11) is 0. The number of anilines is 2. The molecular weight excluding hydrogens is 394 g/mol. The molecule has 1 aromatic carbocycles. The SMILES string of the molecule is Cc1ccccc1Cn1nc(-c2nc(N)c3c(n2)NC(=O)C3(C)C)cc1-c1ccon1. The Balaban J connectivity index is 1.62. The molecule has 9 heteroatoms. The van der Waals surface area contributed by atoms with Gasteiger partial charge < -0.3 is 15.6 Å². The van der Waals surface area contributed by atoms with Crippen LogP contribution < -0.4 is 11.1 Å². The van der Waals surface area contributed by atoms with Crippen LogP contribution in [0, 0.1) is 6.92 Å². The number of hydrogen-bond donors (Lipinski definition) is 2. The van der Waals surface area contributed by atoms with Gasteiger partial charge in [0.25, 0.3) is 0 Å². The minimum atomic E-state index is -0.784. The summed E-state index contributed by atoms with van der Waals surface area (Å²) in [6, 6.07) is 11.7. The second-order valence-electron chi connectivity index (χ2n) is 8.12. The zero-order valence-corrected chi connectivity index (χ0v) is 17.4. The van der Waals surface area contributed by atoms with Crippen molar-refractivity contribution in [3.05, 3.63) is 59.4 Å². The molecule has 0 saturated heterocycles. The topological polar surface area (TPSA) is 125 Å². The number of benzene rings is 1. The van der Waals surface area contributed by atoms with Gasteiger partial charge in [-0.2, -0.15) is 5.10 Å². The van der Waals surface area contributed by atoms with Gasteiger partial charge in [-0.1, -0.05) is 29.4 Å². The fourth-order valence-electron chi connectivity index (χ4n) is 3.82. The summed E-state index contributed by atoms with van der Waals surface area (Å²) in [6.07, 6.45) is 1.52. The first-order valence-corrected chi connectivity index (χ1v) is 9.87. The van der Waals surface area contributed by atoms with Gasteiger partial charge in [-0.15, -0.1) is 0 Å². The molecule has 0 fully saturated rings. The summed E-state index contributed by atoms with van der Waals surface area (Å²) in [4.78, 5) is 21.3. The van der Waals surface area contributed by atoms with Crippen molar-refractivity contribution in [1.29, 1.82) is 0 Å². The Morgan fingerprint density at radius 1 is 1.16 bits per heavy atom. The second-order valence-corrected chi connectivity index (χ2v) is 8.12. The first kappa shape index (κ1) is 19.0. The second kappa shape index (κ2) is 6.76. The maximum Gasteiger partial charge on any atom is 0.235 e. The van der Waals surface area contributed by atoms with E-state index in [0.717, 1.165) is 16.8 Å². The lowest BCUT2D eigenvalue weighted by atomic mass is 9.87. The maximum absolute atomic E-state index is 12.3. The number of fused-ring (bicyclic) bond motifs is 1. The first-order valence-electron chi connectivity index (χ1n) is 9.87. The zero-order valence-electron chi connectivity index (χ0n) is 17.4. The molecule has 0 aliphatic carbocycles. The Morgan fingerprint density at radius 2 is 1.97 bits per heavy atom. The van der Waals surface area contributed by atoms with Crippen LogP contribution in [0.1, 0.15) is 30.5 Å². The number of hydrogen-bond acceptors (Lipinski definition) is 7. The van der Waals surface area contributed by atoms with Gasteiger partial charge in [-0.25, -0.2) is 9.97 Å². The molecule has 0 unspecified atom stereocenters. The average Bonchev–Trinajstić information content (AvgIpc) is 3.43. The van der Waals surface area contributed by atoms with Crippen LogP contribution in [-0.2, 0) is 16.8 Å². The molecule has 0 radical (unpaired) electrons. The lowest BCUT2D eigenvalue weighted by molar-refractivity contribution is -0.119. The molecule has 3 aromatic heterocycles. The number of aromatic nitrogens is 5. The van der Waals surface area contributed by atoms with Crippen LogP contribution in [0.15, 0.2) is 47.2 Å². The molecule has 31 heavy (non-hydrogen) atoms. The van der Waals surface area contributed by atoms with Crippen LogP contribution in [0.5, 0.6) is 0 Å². The number of aryl methyl sites for hydroxylation is 1. The van der Waals surface area contributed by atoms with E-state index in [0.29, 0.717) is 35.1 Å². The molecule has 0 atom stereocenters. The van der Waals surface area contributed by atoms with Crippen LogP contribution in [0.25, 0.3) is 22.9 Å². The molecule has 1 amide bonds. The van der Waals surface area contributed by atoms with Gasteiger partial charge in [0.15, 0.2) is 5.82 Å². The molecule has 0 spiro atoms. The van der Waals surface area contributed by atoms with Crippen LogP contribution in [0.4, 0.5) is 11.6 Å². The number of amides is 1. The third-order valence-corrected chi connectivity index (χ3v) is 5.65. The Morgan fingerprint density at radius 3 is 2.71 bits per heavy atom. The fourth-order valence-corrected chi connectivity index (χ4v) is 3.82. The van der Waals surface area contributed by atoms with Crippen LogP contribution in [-0.4, -0.2) is 30.8 Å². The fraction of sp³-hybridized carbons (Fsp3) is 0.227. The van der Waals surface area contributed by atoms with Crippen molar-refractivity contribution in [3.63, 3.8) is 0 Å². The molecule has 0 saturated carbocycles. The van der Waals surface area contributed by atoms with Gasteiger partial charge in [0.1, 0.15) is 29.3 Å². The average molecular weight is 415 g/mol. The highest BCUT2D eigenvalue weighted by molar-refractivity contribution is 6.06. The van der Waals surface area contributed by atoms with E-state index in [-0.39, 0.29) is 11.7 Å². The zero-order chi connectivity index (χ0) is 21.8. The number of carbonyl (C=O) groups is 1. The van der Waals surface area contributed by atoms with Crippen molar-refractivity contribution >= 4 is 17.5 Å². The molecule has 0 bridgehead atoms. The van der Waals surface area contributed by atoms with E-state index in [1.165, 1.54) is 6.26 Å². The third-order valence-electron chi connectivity index (χ3n) is 5.65. The van der Waals surface area contributed by atoms with Gasteiger partial charge in [0, 0.05) is 6.07 Å². The highest BCUT2D eigenvalue weighted by Crippen LogP contribution is 2.40. The van der Waals surface area contributed by atoms with Crippen LogP contribution in [0.2, 0.25) is 0 Å². The summed E-state index contributed by atoms with van der Waals surface area (Å²) in [5.74, 6) is 0.866. The lowest BCUT2D eigenvalue weighted by Gasteiger charge is -2.15. The molecule has 4 heterocycles. The Kier molecular flexibility index (Phi) is 4.14. The van der Waals surface area contributed by atoms with Crippen molar-refractivity contribution in [2.75, 3.05) is 11.1 Å². The van der Waals surface area contributed by atoms with Gasteiger partial charge in [-0.3, -0.25) is 9.48 Å². The maximum atomic E-state index is 12.3. The van der Waals surface area contributed by atoms with E-state index in [4.69, 9.17) is 15.4 Å². The lowest BCUT2D eigenvalue weighted by Crippen LogP contribution is -2.27. The molecule has 5 rings (SSSR count).